The van der Waals surface area contributed by atoms with Gasteiger partial charge in [-0.25, -0.2) is 9.97 Å². The lowest BCUT2D eigenvalue weighted by molar-refractivity contribution is 0.400. The molecule has 2 rings (SSSR count). The van der Waals surface area contributed by atoms with Gasteiger partial charge in [-0.3, -0.25) is 0 Å². The van der Waals surface area contributed by atoms with E-state index in [1.807, 2.05) is 11.4 Å². The molecule has 0 fully saturated rings. The maximum absolute atomic E-state index is 5.56. The molecule has 0 saturated carbocycles. The summed E-state index contributed by atoms with van der Waals surface area (Å²) in [6, 6.07) is 1.88. The SMILES string of the molecule is COc1nc2ccsc2nc1N. The van der Waals surface area contributed by atoms with E-state index in [2.05, 4.69) is 9.97 Å². The Kier molecular flexibility index (Phi) is 1.58. The zero-order chi connectivity index (χ0) is 8.55. The topological polar surface area (TPSA) is 61.0 Å². The zero-order valence-corrected chi connectivity index (χ0v) is 7.26. The Morgan fingerprint density at radius 2 is 2.33 bits per heavy atom. The van der Waals surface area contributed by atoms with Crippen LogP contribution in [-0.4, -0.2) is 17.1 Å². The zero-order valence-electron chi connectivity index (χ0n) is 6.44. The van der Waals surface area contributed by atoms with Crippen molar-refractivity contribution in [3.05, 3.63) is 11.4 Å². The van der Waals surface area contributed by atoms with Crippen LogP contribution < -0.4 is 10.5 Å². The van der Waals surface area contributed by atoms with Crippen molar-refractivity contribution in [2.75, 3.05) is 12.8 Å². The molecule has 0 bridgehead atoms. The van der Waals surface area contributed by atoms with Crippen molar-refractivity contribution in [3.8, 4) is 5.88 Å². The number of anilines is 1. The molecule has 0 aliphatic carbocycles. The van der Waals surface area contributed by atoms with Gasteiger partial charge >= 0.3 is 0 Å². The summed E-state index contributed by atoms with van der Waals surface area (Å²) in [5, 5.41) is 1.92. The predicted molar refractivity (Wildman–Crippen MR) is 48.4 cm³/mol. The van der Waals surface area contributed by atoms with Crippen LogP contribution in [0.4, 0.5) is 5.82 Å². The van der Waals surface area contributed by atoms with E-state index in [-0.39, 0.29) is 0 Å². The molecule has 0 amide bonds. The molecule has 0 spiro atoms. The van der Waals surface area contributed by atoms with Crippen LogP contribution in [0.15, 0.2) is 11.4 Å². The number of nitrogens with two attached hydrogens (primary N) is 1. The number of thiophene rings is 1. The molecule has 0 aliphatic rings. The van der Waals surface area contributed by atoms with Crippen LogP contribution in [0.5, 0.6) is 5.88 Å². The summed E-state index contributed by atoms with van der Waals surface area (Å²) >= 11 is 1.51. The highest BCUT2D eigenvalue weighted by atomic mass is 32.1. The molecular formula is C7H7N3OS. The maximum Gasteiger partial charge on any atom is 0.257 e. The van der Waals surface area contributed by atoms with E-state index in [1.165, 1.54) is 18.4 Å². The molecule has 0 aromatic carbocycles. The number of hydrogen-bond acceptors (Lipinski definition) is 5. The van der Waals surface area contributed by atoms with Crippen molar-refractivity contribution in [2.45, 2.75) is 0 Å². The fourth-order valence-electron chi connectivity index (χ4n) is 0.937. The first-order chi connectivity index (χ1) is 5.81. The molecule has 2 aromatic rings. The second kappa shape index (κ2) is 2.60. The van der Waals surface area contributed by atoms with E-state index in [9.17, 15) is 0 Å². The largest absolute Gasteiger partial charge is 0.478 e. The molecule has 2 heterocycles. The second-order valence-corrected chi connectivity index (χ2v) is 3.12. The third-order valence-corrected chi connectivity index (χ3v) is 2.28. The van der Waals surface area contributed by atoms with Gasteiger partial charge in [0.1, 0.15) is 10.3 Å². The molecule has 0 aliphatic heterocycles. The Morgan fingerprint density at radius 1 is 1.50 bits per heavy atom. The summed E-state index contributed by atoms with van der Waals surface area (Å²) in [4.78, 5) is 9.11. The van der Waals surface area contributed by atoms with E-state index in [1.54, 1.807) is 0 Å². The predicted octanol–water partition coefficient (Wildman–Crippen LogP) is 1.28. The van der Waals surface area contributed by atoms with Gasteiger partial charge in [0.2, 0.25) is 0 Å². The van der Waals surface area contributed by atoms with E-state index >= 15 is 0 Å². The maximum atomic E-state index is 5.56. The van der Waals surface area contributed by atoms with Gasteiger partial charge in [0.05, 0.1) is 7.11 Å². The number of methoxy groups -OCH3 is 1. The highest BCUT2D eigenvalue weighted by molar-refractivity contribution is 7.16. The monoisotopic (exact) mass is 181 g/mol. The molecule has 12 heavy (non-hydrogen) atoms. The third kappa shape index (κ3) is 0.984. The van der Waals surface area contributed by atoms with Crippen LogP contribution in [0.25, 0.3) is 10.3 Å². The van der Waals surface area contributed by atoms with E-state index < -0.39 is 0 Å². The van der Waals surface area contributed by atoms with Gasteiger partial charge in [0, 0.05) is 0 Å². The number of fused-ring (bicyclic) bond motifs is 1. The molecule has 62 valence electrons. The van der Waals surface area contributed by atoms with E-state index in [0.29, 0.717) is 11.7 Å². The van der Waals surface area contributed by atoms with Crippen molar-refractivity contribution >= 4 is 27.5 Å². The van der Waals surface area contributed by atoms with Gasteiger partial charge < -0.3 is 10.5 Å². The molecule has 0 atom stereocenters. The summed E-state index contributed by atoms with van der Waals surface area (Å²) in [6.07, 6.45) is 0. The first kappa shape index (κ1) is 7.30. The number of hydrogen-bond donors (Lipinski definition) is 1. The number of ether oxygens (including phenoxy) is 1. The molecule has 5 heteroatoms. The normalized spacial score (nSPS) is 10.4. The van der Waals surface area contributed by atoms with Crippen LogP contribution in [0.1, 0.15) is 0 Å². The van der Waals surface area contributed by atoms with Crippen molar-refractivity contribution in [1.29, 1.82) is 0 Å². The molecule has 2 N–H and O–H groups in total. The summed E-state index contributed by atoms with van der Waals surface area (Å²) in [5.74, 6) is 0.730. The lowest BCUT2D eigenvalue weighted by Crippen LogP contribution is -1.97. The average Bonchev–Trinajstić information content (AvgIpc) is 2.49. The van der Waals surface area contributed by atoms with Gasteiger partial charge in [-0.1, -0.05) is 0 Å². The minimum atomic E-state index is 0.340. The van der Waals surface area contributed by atoms with Gasteiger partial charge in [0.15, 0.2) is 5.82 Å². The standard InChI is InChI=1S/C7H7N3OS/c1-11-6-5(8)10-7-4(9-6)2-3-12-7/h2-3H,1H3,(H2,8,10). The summed E-state index contributed by atoms with van der Waals surface area (Å²) in [7, 11) is 1.53. The molecule has 4 nitrogen and oxygen atoms in total. The van der Waals surface area contributed by atoms with Crippen LogP contribution in [0.3, 0.4) is 0 Å². The molecule has 0 saturated heterocycles. The summed E-state index contributed by atoms with van der Waals surface area (Å²) in [5.41, 5.74) is 6.39. The Bertz CT molecular complexity index is 412. The van der Waals surface area contributed by atoms with Gasteiger partial charge in [0.25, 0.3) is 5.88 Å². The Morgan fingerprint density at radius 3 is 3.08 bits per heavy atom. The Balaban J connectivity index is 2.73. The fourth-order valence-corrected chi connectivity index (χ4v) is 1.65. The molecular weight excluding hydrogens is 174 g/mol. The van der Waals surface area contributed by atoms with Crippen molar-refractivity contribution in [3.63, 3.8) is 0 Å². The lowest BCUT2D eigenvalue weighted by atomic mass is 10.5. The van der Waals surface area contributed by atoms with Crippen LogP contribution in [-0.2, 0) is 0 Å². The summed E-state index contributed by atoms with van der Waals surface area (Å²) < 4.78 is 4.93. The fraction of sp³-hybridized carbons (Fsp3) is 0.143. The van der Waals surface area contributed by atoms with Crippen molar-refractivity contribution in [2.24, 2.45) is 0 Å². The first-order valence-electron chi connectivity index (χ1n) is 3.36. The van der Waals surface area contributed by atoms with Crippen LogP contribution >= 0.6 is 11.3 Å². The Hall–Kier alpha value is -1.36. The first-order valence-corrected chi connectivity index (χ1v) is 4.24. The van der Waals surface area contributed by atoms with Gasteiger partial charge in [-0.05, 0) is 11.4 Å². The molecule has 0 radical (unpaired) electrons. The number of nitrogen functional groups attached to an aromatic ring is 1. The number of rotatable bonds is 1. The van der Waals surface area contributed by atoms with Crippen LogP contribution in [0.2, 0.25) is 0 Å². The number of nitrogens with zero attached hydrogens (tertiary/aromatic N) is 2. The summed E-state index contributed by atoms with van der Waals surface area (Å²) in [6.45, 7) is 0. The van der Waals surface area contributed by atoms with Gasteiger partial charge in [-0.2, -0.15) is 0 Å². The average molecular weight is 181 g/mol. The van der Waals surface area contributed by atoms with E-state index in [0.717, 1.165) is 10.3 Å². The smallest absolute Gasteiger partial charge is 0.257 e. The molecule has 0 unspecified atom stereocenters. The lowest BCUT2D eigenvalue weighted by Gasteiger charge is -2.00. The number of aromatic nitrogens is 2. The van der Waals surface area contributed by atoms with Crippen molar-refractivity contribution in [1.82, 2.24) is 9.97 Å². The minimum Gasteiger partial charge on any atom is -0.478 e. The highest BCUT2D eigenvalue weighted by Crippen LogP contribution is 2.23. The van der Waals surface area contributed by atoms with E-state index in [4.69, 9.17) is 10.5 Å². The molecule has 2 aromatic heterocycles. The van der Waals surface area contributed by atoms with Gasteiger partial charge in [-0.15, -0.1) is 11.3 Å². The minimum absolute atomic E-state index is 0.340. The third-order valence-electron chi connectivity index (χ3n) is 1.48. The highest BCUT2D eigenvalue weighted by Gasteiger charge is 2.05. The quantitative estimate of drug-likeness (QED) is 0.720. The second-order valence-electron chi connectivity index (χ2n) is 2.23. The van der Waals surface area contributed by atoms with Crippen molar-refractivity contribution < 1.29 is 4.74 Å². The Labute approximate surface area is 73.0 Å². The van der Waals surface area contributed by atoms with Crippen LogP contribution in [0, 0.1) is 0 Å².